The first kappa shape index (κ1) is 33.0. The predicted octanol–water partition coefficient (Wildman–Crippen LogP) is 10.1. The summed E-state index contributed by atoms with van der Waals surface area (Å²) in [6.45, 7) is 28.7. The summed E-state index contributed by atoms with van der Waals surface area (Å²) >= 11 is 0. The van der Waals surface area contributed by atoms with Crippen LogP contribution in [0.3, 0.4) is 0 Å². The average Bonchev–Trinajstić information content (AvgIpc) is 2.92. The minimum Gasteiger partial charge on any atom is -0.487 e. The first-order valence-corrected chi connectivity index (χ1v) is 11.7. The average molecular weight is 547 g/mol. The van der Waals surface area contributed by atoms with Gasteiger partial charge in [0.1, 0.15) is 6.61 Å². The highest BCUT2D eigenvalue weighted by atomic mass is 19.2. The molecule has 1 atom stereocenters. The van der Waals surface area contributed by atoms with Gasteiger partial charge in [-0.1, -0.05) is 77.3 Å². The summed E-state index contributed by atoms with van der Waals surface area (Å²) in [6, 6.07) is 1.47. The molecule has 208 valence electrons. The van der Waals surface area contributed by atoms with Crippen molar-refractivity contribution in [2.24, 2.45) is 5.92 Å². The first-order chi connectivity index (χ1) is 18.1. The van der Waals surface area contributed by atoms with Crippen LogP contribution >= 0.6 is 0 Å². The Balaban J connectivity index is 3.03. The Hall–Kier alpha value is -4.00. The van der Waals surface area contributed by atoms with Gasteiger partial charge in [-0.25, -0.2) is 22.0 Å². The molecule has 0 aliphatic rings. The summed E-state index contributed by atoms with van der Waals surface area (Å²) in [5, 5.41) is 0. The van der Waals surface area contributed by atoms with Crippen molar-refractivity contribution in [2.45, 2.75) is 27.2 Å². The van der Waals surface area contributed by atoms with E-state index in [0.29, 0.717) is 5.56 Å². The summed E-state index contributed by atoms with van der Waals surface area (Å²) in [6.07, 6.45) is 3.53. The van der Waals surface area contributed by atoms with E-state index in [1.54, 1.807) is 6.92 Å². The highest BCUT2D eigenvalue weighted by molar-refractivity contribution is 5.54. The zero-order chi connectivity index (χ0) is 30.2. The van der Waals surface area contributed by atoms with Crippen LogP contribution in [0, 0.1) is 31.4 Å². The molecule has 0 heterocycles. The Morgan fingerprint density at radius 2 is 1.28 bits per heavy atom. The second-order valence-electron chi connectivity index (χ2n) is 8.87. The molecule has 0 spiro atoms. The Bertz CT molecular complexity index is 1340. The number of hydrogen-bond donors (Lipinski definition) is 0. The van der Waals surface area contributed by atoms with Gasteiger partial charge in [0.05, 0.1) is 0 Å². The molecule has 0 aliphatic carbocycles. The molecule has 0 radical (unpaired) electrons. The lowest BCUT2D eigenvalue weighted by Crippen LogP contribution is -2.09. The lowest BCUT2D eigenvalue weighted by molar-refractivity contribution is 0.241. The second-order valence-corrected chi connectivity index (χ2v) is 8.87. The zero-order valence-electron chi connectivity index (χ0n) is 22.4. The predicted molar refractivity (Wildman–Crippen MR) is 147 cm³/mol. The highest BCUT2D eigenvalue weighted by Gasteiger charge is 2.23. The third kappa shape index (κ3) is 8.24. The van der Waals surface area contributed by atoms with Crippen LogP contribution < -0.4 is 0 Å². The maximum Gasteiger partial charge on any atom is 0.200 e. The SMILES string of the molecule is C=CCOC(=C)/C(F)=C(/F)C(=C)C(=C)/C=C\C(=C)C(=C)/C(F)=C(/F)C(=C)C(C)Cc1c(C)cc(C)c(F)c1F. The molecule has 39 heavy (non-hydrogen) atoms. The molecule has 0 fully saturated rings. The van der Waals surface area contributed by atoms with Crippen molar-refractivity contribution in [2.75, 3.05) is 6.61 Å². The van der Waals surface area contributed by atoms with Gasteiger partial charge in [-0.05, 0) is 59.6 Å². The van der Waals surface area contributed by atoms with E-state index >= 15 is 0 Å². The van der Waals surface area contributed by atoms with Gasteiger partial charge >= 0.3 is 0 Å². The maximum atomic E-state index is 14.9. The fraction of sp³-hybridized carbons (Fsp3) is 0.188. The van der Waals surface area contributed by atoms with Crippen molar-refractivity contribution in [1.82, 2.24) is 0 Å². The standard InChI is InChI=1S/C32H32F6O/c1-11-14-39-25(10)31(37)30(36)23(8)18(3)13-12-17(2)22(7)28(34)29(35)24(9)19(4)16-26-20(5)15-21(6)27(33)32(26)38/h11-13,15,19H,1-3,7-10,14,16H2,4-6H3/b13-12-,29-28-,31-30-. The smallest absolute Gasteiger partial charge is 0.200 e. The fourth-order valence-corrected chi connectivity index (χ4v) is 3.29. The number of aryl methyl sites for hydroxylation is 2. The summed E-state index contributed by atoms with van der Waals surface area (Å²) < 4.78 is 91.7. The zero-order valence-corrected chi connectivity index (χ0v) is 22.4. The molecule has 1 aromatic rings. The maximum absolute atomic E-state index is 14.9. The summed E-state index contributed by atoms with van der Waals surface area (Å²) in [5.41, 5.74) is -0.735. The Morgan fingerprint density at radius 1 is 0.795 bits per heavy atom. The van der Waals surface area contributed by atoms with Crippen LogP contribution in [0.25, 0.3) is 0 Å². The third-order valence-electron chi connectivity index (χ3n) is 5.90. The van der Waals surface area contributed by atoms with Crippen molar-refractivity contribution in [3.8, 4) is 0 Å². The van der Waals surface area contributed by atoms with Crippen LogP contribution in [-0.2, 0) is 11.2 Å². The third-order valence-corrected chi connectivity index (χ3v) is 5.90. The summed E-state index contributed by atoms with van der Waals surface area (Å²) in [5.74, 6) is -8.85. The number of hydrogen-bond acceptors (Lipinski definition) is 1. The summed E-state index contributed by atoms with van der Waals surface area (Å²) in [7, 11) is 0. The lowest BCUT2D eigenvalue weighted by atomic mass is 9.89. The second kappa shape index (κ2) is 14.2. The van der Waals surface area contributed by atoms with E-state index < -0.39 is 57.8 Å². The molecule has 0 saturated heterocycles. The van der Waals surface area contributed by atoms with E-state index in [9.17, 15) is 26.3 Å². The van der Waals surface area contributed by atoms with Crippen molar-refractivity contribution < 1.29 is 31.1 Å². The van der Waals surface area contributed by atoms with Gasteiger partial charge in [0.25, 0.3) is 0 Å². The molecular formula is C32H32F6O. The van der Waals surface area contributed by atoms with Crippen molar-refractivity contribution in [1.29, 1.82) is 0 Å². The highest BCUT2D eigenvalue weighted by Crippen LogP contribution is 2.33. The van der Waals surface area contributed by atoms with Crippen LogP contribution in [0.4, 0.5) is 26.3 Å². The molecule has 0 aromatic heterocycles. The van der Waals surface area contributed by atoms with E-state index in [0.717, 1.165) is 12.2 Å². The van der Waals surface area contributed by atoms with Gasteiger partial charge in [0, 0.05) is 11.1 Å². The van der Waals surface area contributed by atoms with Gasteiger partial charge in [-0.15, -0.1) is 0 Å². The number of halogens is 6. The van der Waals surface area contributed by atoms with E-state index in [1.807, 2.05) is 0 Å². The fourth-order valence-electron chi connectivity index (χ4n) is 3.29. The van der Waals surface area contributed by atoms with Gasteiger partial charge in [0.2, 0.25) is 5.83 Å². The van der Waals surface area contributed by atoms with Gasteiger partial charge in [-0.3, -0.25) is 0 Å². The van der Waals surface area contributed by atoms with Crippen LogP contribution in [-0.4, -0.2) is 6.61 Å². The summed E-state index contributed by atoms with van der Waals surface area (Å²) in [4.78, 5) is 0. The monoisotopic (exact) mass is 546 g/mol. The molecule has 7 heteroatoms. The van der Waals surface area contributed by atoms with E-state index in [1.165, 1.54) is 26.0 Å². The van der Waals surface area contributed by atoms with Crippen LogP contribution in [0.2, 0.25) is 0 Å². The van der Waals surface area contributed by atoms with Crippen LogP contribution in [0.15, 0.2) is 127 Å². The number of rotatable bonds is 14. The number of benzene rings is 1. The Morgan fingerprint density at radius 3 is 1.77 bits per heavy atom. The minimum atomic E-state index is -1.38. The molecule has 0 N–H and O–H groups in total. The Kier molecular flexibility index (Phi) is 12.1. The van der Waals surface area contributed by atoms with Crippen molar-refractivity contribution in [3.05, 3.63) is 156 Å². The number of allylic oxidation sites excluding steroid dienone is 11. The first-order valence-electron chi connectivity index (χ1n) is 11.7. The van der Waals surface area contributed by atoms with E-state index in [2.05, 4.69) is 46.1 Å². The van der Waals surface area contributed by atoms with Crippen LogP contribution in [0.1, 0.15) is 23.6 Å². The quantitative estimate of drug-likeness (QED) is 0.0976. The molecule has 0 saturated carbocycles. The van der Waals surface area contributed by atoms with Gasteiger partial charge in [-0.2, -0.15) is 4.39 Å². The molecule has 1 unspecified atom stereocenters. The van der Waals surface area contributed by atoms with E-state index in [4.69, 9.17) is 4.74 Å². The molecule has 0 aliphatic heterocycles. The largest absolute Gasteiger partial charge is 0.487 e. The Labute approximate surface area is 226 Å². The van der Waals surface area contributed by atoms with E-state index in [-0.39, 0.29) is 40.9 Å². The molecule has 0 bridgehead atoms. The molecule has 1 aromatic carbocycles. The lowest BCUT2D eigenvalue weighted by Gasteiger charge is -2.17. The topological polar surface area (TPSA) is 9.23 Å². The van der Waals surface area contributed by atoms with Crippen molar-refractivity contribution >= 4 is 0 Å². The van der Waals surface area contributed by atoms with Crippen LogP contribution in [0.5, 0.6) is 0 Å². The minimum absolute atomic E-state index is 0.0402. The van der Waals surface area contributed by atoms with Gasteiger partial charge < -0.3 is 4.74 Å². The molecule has 1 rings (SSSR count). The molecule has 1 nitrogen and oxygen atoms in total. The van der Waals surface area contributed by atoms with Gasteiger partial charge in [0.15, 0.2) is 34.9 Å². The molecule has 0 amide bonds. The van der Waals surface area contributed by atoms with Crippen molar-refractivity contribution in [3.63, 3.8) is 0 Å². The normalized spacial score (nSPS) is 13.3. The number of ether oxygens (including phenoxy) is 1. The molecular weight excluding hydrogens is 514 g/mol.